The highest BCUT2D eigenvalue weighted by Gasteiger charge is 2.50. The fraction of sp³-hybridized carbons (Fsp3) is 0.286. The van der Waals surface area contributed by atoms with Gasteiger partial charge in [-0.2, -0.15) is 18.2 Å². The van der Waals surface area contributed by atoms with Crippen LogP contribution in [0.3, 0.4) is 0 Å². The van der Waals surface area contributed by atoms with Crippen LogP contribution in [0.5, 0.6) is 5.75 Å². The molecular weight excluding hydrogens is 541 g/mol. The molecule has 2 unspecified atom stereocenters. The molecule has 3 aromatic rings. The number of amides is 2. The minimum atomic E-state index is -4.74. The molecule has 4 N–H and O–H groups in total. The van der Waals surface area contributed by atoms with Crippen molar-refractivity contribution in [3.05, 3.63) is 72.9 Å². The quantitative estimate of drug-likeness (QED) is 0.234. The molecule has 2 atom stereocenters. The smallest absolute Gasteiger partial charge is 0.421 e. The van der Waals surface area contributed by atoms with Gasteiger partial charge in [-0.05, 0) is 41.8 Å². The summed E-state index contributed by atoms with van der Waals surface area (Å²) in [6.07, 6.45) is -4.38. The van der Waals surface area contributed by atoms with Crippen molar-refractivity contribution in [1.82, 2.24) is 14.9 Å². The number of anilines is 5. The first-order valence-corrected chi connectivity index (χ1v) is 12.5. The number of carbonyl (C=O) groups is 2. The third-order valence-corrected chi connectivity index (χ3v) is 6.25. The summed E-state index contributed by atoms with van der Waals surface area (Å²) in [6, 6.07) is 12.4. The molecule has 2 heterocycles. The number of likely N-dealkylation sites (tertiary alicyclic amines) is 1. The van der Waals surface area contributed by atoms with Gasteiger partial charge >= 0.3 is 12.3 Å². The van der Waals surface area contributed by atoms with E-state index in [1.165, 1.54) is 17.0 Å². The standard InChI is InChI=1S/C28H29F3N6O4/c1-5-22(38)33-16-8-6-9-17(12-16)34-24-20(28(29,30)31)14-32-25(36-24)35-18-10-7-11-19(13-18)41-21-15-37(26(39)40)23(21)27(2,3)4/h5-14,21,23H,1,15H2,2-4H3,(H,33,38)(H,39,40)(H2,32,34,35,36). The van der Waals surface area contributed by atoms with E-state index in [1.54, 1.807) is 36.4 Å². The van der Waals surface area contributed by atoms with Gasteiger partial charge in [0.15, 0.2) is 0 Å². The summed E-state index contributed by atoms with van der Waals surface area (Å²) in [5.41, 5.74) is -0.386. The molecule has 1 fully saturated rings. The number of aromatic nitrogens is 2. The van der Waals surface area contributed by atoms with E-state index in [2.05, 4.69) is 32.5 Å². The zero-order chi connectivity index (χ0) is 29.9. The molecule has 216 valence electrons. The Morgan fingerprint density at radius 3 is 2.37 bits per heavy atom. The summed E-state index contributed by atoms with van der Waals surface area (Å²) < 4.78 is 47.3. The van der Waals surface area contributed by atoms with E-state index in [-0.39, 0.29) is 35.7 Å². The highest BCUT2D eigenvalue weighted by molar-refractivity contribution is 5.99. The molecule has 2 aromatic carbocycles. The van der Waals surface area contributed by atoms with Crippen LogP contribution >= 0.6 is 0 Å². The summed E-state index contributed by atoms with van der Waals surface area (Å²) in [5.74, 6) is -0.626. The molecule has 0 spiro atoms. The molecule has 1 aliphatic heterocycles. The first-order valence-electron chi connectivity index (χ1n) is 12.5. The number of rotatable bonds is 8. The Hall–Kier alpha value is -4.81. The number of alkyl halides is 3. The molecule has 0 saturated carbocycles. The Kier molecular flexibility index (Phi) is 8.08. The van der Waals surface area contributed by atoms with Gasteiger partial charge in [0.2, 0.25) is 11.9 Å². The van der Waals surface area contributed by atoms with Gasteiger partial charge in [0.1, 0.15) is 23.2 Å². The van der Waals surface area contributed by atoms with Gasteiger partial charge in [0.25, 0.3) is 0 Å². The number of nitrogens with one attached hydrogen (secondary N) is 3. The van der Waals surface area contributed by atoms with Gasteiger partial charge < -0.3 is 25.8 Å². The number of halogens is 3. The van der Waals surface area contributed by atoms with Gasteiger partial charge in [-0.1, -0.05) is 39.5 Å². The Bertz CT molecular complexity index is 1460. The van der Waals surface area contributed by atoms with E-state index < -0.39 is 29.6 Å². The molecule has 13 heteroatoms. The molecule has 0 bridgehead atoms. The molecule has 0 aliphatic carbocycles. The molecule has 10 nitrogen and oxygen atoms in total. The largest absolute Gasteiger partial charge is 0.486 e. The van der Waals surface area contributed by atoms with E-state index in [1.807, 2.05) is 20.8 Å². The van der Waals surface area contributed by atoms with Crippen LogP contribution in [-0.4, -0.2) is 50.7 Å². The fourth-order valence-corrected chi connectivity index (χ4v) is 4.49. The summed E-state index contributed by atoms with van der Waals surface area (Å²) in [5, 5.41) is 17.5. The first kappa shape index (κ1) is 29.2. The normalized spacial score (nSPS) is 16.8. The predicted molar refractivity (Wildman–Crippen MR) is 148 cm³/mol. The van der Waals surface area contributed by atoms with Crippen LogP contribution in [0.1, 0.15) is 26.3 Å². The molecule has 1 saturated heterocycles. The highest BCUT2D eigenvalue weighted by Crippen LogP contribution is 2.38. The minimum Gasteiger partial charge on any atom is -0.486 e. The van der Waals surface area contributed by atoms with Crippen LogP contribution in [-0.2, 0) is 11.0 Å². The maximum atomic E-state index is 13.7. The summed E-state index contributed by atoms with van der Waals surface area (Å²) in [7, 11) is 0. The topological polar surface area (TPSA) is 129 Å². The van der Waals surface area contributed by atoms with Crippen molar-refractivity contribution in [2.75, 3.05) is 22.5 Å². The molecule has 1 aliphatic rings. The van der Waals surface area contributed by atoms with Crippen molar-refractivity contribution in [2.24, 2.45) is 5.41 Å². The van der Waals surface area contributed by atoms with Gasteiger partial charge in [0.05, 0.1) is 12.6 Å². The number of hydrogen-bond acceptors (Lipinski definition) is 7. The van der Waals surface area contributed by atoms with Crippen LogP contribution in [0, 0.1) is 5.41 Å². The maximum absolute atomic E-state index is 13.7. The van der Waals surface area contributed by atoms with Crippen molar-refractivity contribution < 1.29 is 32.6 Å². The Morgan fingerprint density at radius 1 is 1.07 bits per heavy atom. The van der Waals surface area contributed by atoms with Crippen molar-refractivity contribution in [3.8, 4) is 5.75 Å². The zero-order valence-electron chi connectivity index (χ0n) is 22.5. The molecule has 41 heavy (non-hydrogen) atoms. The average molecular weight is 571 g/mol. The monoisotopic (exact) mass is 570 g/mol. The second kappa shape index (κ2) is 11.4. The molecule has 0 radical (unpaired) electrons. The van der Waals surface area contributed by atoms with Crippen LogP contribution in [0.4, 0.5) is 46.8 Å². The van der Waals surface area contributed by atoms with Crippen molar-refractivity contribution >= 4 is 40.8 Å². The summed E-state index contributed by atoms with van der Waals surface area (Å²) in [6.45, 7) is 9.38. The number of benzene rings is 2. The number of hydrogen-bond donors (Lipinski definition) is 4. The van der Waals surface area contributed by atoms with Crippen molar-refractivity contribution in [3.63, 3.8) is 0 Å². The van der Waals surface area contributed by atoms with Crippen LogP contribution < -0.4 is 20.7 Å². The second-order valence-electron chi connectivity index (χ2n) is 10.4. The lowest BCUT2D eigenvalue weighted by Crippen LogP contribution is -2.68. The van der Waals surface area contributed by atoms with Gasteiger partial charge in [0, 0.05) is 29.3 Å². The van der Waals surface area contributed by atoms with Crippen LogP contribution in [0.15, 0.2) is 67.4 Å². The SMILES string of the molecule is C=CC(=O)Nc1cccc(Nc2nc(Nc3cccc(OC4CN(C(=O)O)C4C(C)(C)C)c3)ncc2C(F)(F)F)c1. The van der Waals surface area contributed by atoms with E-state index >= 15 is 0 Å². The van der Waals surface area contributed by atoms with E-state index in [0.29, 0.717) is 23.3 Å². The summed E-state index contributed by atoms with van der Waals surface area (Å²) >= 11 is 0. The third-order valence-electron chi connectivity index (χ3n) is 6.25. The number of nitrogens with zero attached hydrogens (tertiary/aromatic N) is 3. The lowest BCUT2D eigenvalue weighted by Gasteiger charge is -2.51. The highest BCUT2D eigenvalue weighted by atomic mass is 19.4. The molecular formula is C28H29F3N6O4. The van der Waals surface area contributed by atoms with Crippen molar-refractivity contribution in [1.29, 1.82) is 0 Å². The van der Waals surface area contributed by atoms with Crippen LogP contribution in [0.2, 0.25) is 0 Å². The van der Waals surface area contributed by atoms with E-state index in [4.69, 9.17) is 4.74 Å². The fourth-order valence-electron chi connectivity index (χ4n) is 4.49. The number of carboxylic acid groups (broad SMARTS) is 1. The Balaban J connectivity index is 1.54. The maximum Gasteiger partial charge on any atom is 0.421 e. The molecule has 2 amide bonds. The van der Waals surface area contributed by atoms with Gasteiger partial charge in [-0.3, -0.25) is 9.69 Å². The summed E-state index contributed by atoms with van der Waals surface area (Å²) in [4.78, 5) is 32.4. The van der Waals surface area contributed by atoms with E-state index in [0.717, 1.165) is 6.08 Å². The minimum absolute atomic E-state index is 0.109. The lowest BCUT2D eigenvalue weighted by molar-refractivity contribution is -0.137. The predicted octanol–water partition coefficient (Wildman–Crippen LogP) is 6.26. The molecule has 4 rings (SSSR count). The van der Waals surface area contributed by atoms with Gasteiger partial charge in [-0.15, -0.1) is 0 Å². The third kappa shape index (κ3) is 7.04. The van der Waals surface area contributed by atoms with Crippen LogP contribution in [0.25, 0.3) is 0 Å². The Labute approximate surface area is 234 Å². The lowest BCUT2D eigenvalue weighted by atomic mass is 9.77. The second-order valence-corrected chi connectivity index (χ2v) is 10.4. The molecule has 1 aromatic heterocycles. The zero-order valence-corrected chi connectivity index (χ0v) is 22.5. The number of ether oxygens (including phenoxy) is 1. The average Bonchev–Trinajstić information content (AvgIpc) is 2.85. The number of carbonyl (C=O) groups excluding carboxylic acids is 1. The first-order chi connectivity index (χ1) is 19.2. The van der Waals surface area contributed by atoms with Crippen molar-refractivity contribution in [2.45, 2.75) is 39.1 Å². The Morgan fingerprint density at radius 2 is 1.73 bits per heavy atom. The van der Waals surface area contributed by atoms with E-state index in [9.17, 15) is 27.9 Å². The van der Waals surface area contributed by atoms with Gasteiger partial charge in [-0.25, -0.2) is 9.78 Å².